The summed E-state index contributed by atoms with van der Waals surface area (Å²) < 4.78 is 45.1. The second-order valence-corrected chi connectivity index (χ2v) is 11.5. The fourth-order valence-electron chi connectivity index (χ4n) is 3.95. The van der Waals surface area contributed by atoms with E-state index in [0.29, 0.717) is 16.9 Å². The van der Waals surface area contributed by atoms with Crippen molar-refractivity contribution in [2.45, 2.75) is 51.7 Å². The molecule has 0 fully saturated rings. The molecule has 9 heteroatoms. The first-order valence-corrected chi connectivity index (χ1v) is 13.1. The van der Waals surface area contributed by atoms with E-state index in [9.17, 15) is 13.2 Å². The number of fused-ring (bicyclic) bond motifs is 1. The Morgan fingerprint density at radius 3 is 2.36 bits per heavy atom. The minimum atomic E-state index is -3.91. The van der Waals surface area contributed by atoms with Crippen molar-refractivity contribution in [2.24, 2.45) is 0 Å². The van der Waals surface area contributed by atoms with Gasteiger partial charge in [0.25, 0.3) is 0 Å². The Morgan fingerprint density at radius 1 is 1.06 bits per heavy atom. The molecule has 1 aromatic heterocycles. The Morgan fingerprint density at radius 2 is 1.72 bits per heavy atom. The van der Waals surface area contributed by atoms with Crippen molar-refractivity contribution in [3.05, 3.63) is 65.4 Å². The molecular formula is C27H34N2O6S. The number of hydrogen-bond donors (Lipinski definition) is 0. The summed E-state index contributed by atoms with van der Waals surface area (Å²) in [5.41, 5.74) is 2.13. The Kier molecular flexibility index (Phi) is 8.71. The standard InChI is InChI=1S/C27H34N2O6S/c1-19-13-23(33-6)14-20(2)26(19)36(31,32)29(11-12-34-18-25(30)35-27(3,4)5)17-21-15-22-9-7-8-10-24(22)28-16-21/h7-10,13-16H,11-12,17-18H2,1-6H3. The summed E-state index contributed by atoms with van der Waals surface area (Å²) in [6.45, 7) is 8.72. The van der Waals surface area contributed by atoms with E-state index in [1.165, 1.54) is 4.31 Å². The van der Waals surface area contributed by atoms with Crippen molar-refractivity contribution in [1.82, 2.24) is 9.29 Å². The summed E-state index contributed by atoms with van der Waals surface area (Å²) in [6.07, 6.45) is 1.68. The molecule has 0 aliphatic heterocycles. The summed E-state index contributed by atoms with van der Waals surface area (Å²) >= 11 is 0. The molecule has 0 unspecified atom stereocenters. The molecule has 0 radical (unpaired) electrons. The first kappa shape index (κ1) is 27.6. The van der Waals surface area contributed by atoms with Gasteiger partial charge < -0.3 is 14.2 Å². The third kappa shape index (κ3) is 7.02. The number of carbonyl (C=O) groups excluding carboxylic acids is 1. The highest BCUT2D eigenvalue weighted by Crippen LogP contribution is 2.29. The quantitative estimate of drug-likeness (QED) is 0.292. The molecule has 0 amide bonds. The lowest BCUT2D eigenvalue weighted by Crippen LogP contribution is -2.35. The molecular weight excluding hydrogens is 480 g/mol. The maximum atomic E-state index is 13.9. The number of nitrogens with zero attached hydrogens (tertiary/aromatic N) is 2. The van der Waals surface area contributed by atoms with Gasteiger partial charge in [-0.1, -0.05) is 18.2 Å². The smallest absolute Gasteiger partial charge is 0.332 e. The maximum absolute atomic E-state index is 13.9. The molecule has 3 aromatic rings. The number of carbonyl (C=O) groups is 1. The highest BCUT2D eigenvalue weighted by atomic mass is 32.2. The molecule has 2 aromatic carbocycles. The van der Waals surface area contributed by atoms with E-state index in [2.05, 4.69) is 4.98 Å². The van der Waals surface area contributed by atoms with Crippen molar-refractivity contribution < 1.29 is 27.4 Å². The number of para-hydroxylation sites is 1. The van der Waals surface area contributed by atoms with Crippen LogP contribution in [0.15, 0.2) is 53.6 Å². The number of pyridine rings is 1. The average Bonchev–Trinajstić information content (AvgIpc) is 2.79. The van der Waals surface area contributed by atoms with Crippen molar-refractivity contribution in [1.29, 1.82) is 0 Å². The summed E-state index contributed by atoms with van der Waals surface area (Å²) in [7, 11) is -2.37. The molecule has 8 nitrogen and oxygen atoms in total. The van der Waals surface area contributed by atoms with Crippen LogP contribution in [-0.2, 0) is 30.8 Å². The van der Waals surface area contributed by atoms with Gasteiger partial charge in [-0.25, -0.2) is 13.2 Å². The molecule has 3 rings (SSSR count). The van der Waals surface area contributed by atoms with Gasteiger partial charge in [-0.05, 0) is 75.6 Å². The first-order valence-electron chi connectivity index (χ1n) is 11.7. The molecule has 0 saturated carbocycles. The number of methoxy groups -OCH3 is 1. The van der Waals surface area contributed by atoms with Gasteiger partial charge in [-0.15, -0.1) is 0 Å². The van der Waals surface area contributed by atoms with Crippen LogP contribution in [0.1, 0.15) is 37.5 Å². The molecule has 0 spiro atoms. The topological polar surface area (TPSA) is 95.0 Å². The molecule has 0 aliphatic rings. The lowest BCUT2D eigenvalue weighted by Gasteiger charge is -2.25. The second kappa shape index (κ2) is 11.4. The summed E-state index contributed by atoms with van der Waals surface area (Å²) in [5.74, 6) is 0.0902. The minimum absolute atomic E-state index is 0.0216. The Labute approximate surface area is 213 Å². The van der Waals surface area contributed by atoms with E-state index < -0.39 is 21.6 Å². The van der Waals surface area contributed by atoms with Gasteiger partial charge in [0.2, 0.25) is 10.0 Å². The fraction of sp³-hybridized carbons (Fsp3) is 0.407. The van der Waals surface area contributed by atoms with Gasteiger partial charge in [0.1, 0.15) is 18.0 Å². The van der Waals surface area contributed by atoms with Crippen LogP contribution >= 0.6 is 0 Å². The molecule has 194 valence electrons. The lowest BCUT2D eigenvalue weighted by molar-refractivity contribution is -0.160. The van der Waals surface area contributed by atoms with Gasteiger partial charge in [-0.3, -0.25) is 4.98 Å². The van der Waals surface area contributed by atoms with Crippen LogP contribution in [0, 0.1) is 13.8 Å². The predicted molar refractivity (Wildman–Crippen MR) is 138 cm³/mol. The highest BCUT2D eigenvalue weighted by molar-refractivity contribution is 7.89. The molecule has 0 N–H and O–H groups in total. The largest absolute Gasteiger partial charge is 0.497 e. The van der Waals surface area contributed by atoms with E-state index >= 15 is 0 Å². The van der Waals surface area contributed by atoms with Crippen molar-refractivity contribution in [3.63, 3.8) is 0 Å². The first-order chi connectivity index (χ1) is 16.9. The van der Waals surface area contributed by atoms with E-state index in [1.54, 1.807) is 60.1 Å². The number of aromatic nitrogens is 1. The van der Waals surface area contributed by atoms with Gasteiger partial charge in [0.15, 0.2) is 0 Å². The van der Waals surface area contributed by atoms with Crippen LogP contribution in [0.4, 0.5) is 0 Å². The number of hydrogen-bond acceptors (Lipinski definition) is 7. The van der Waals surface area contributed by atoms with Crippen LogP contribution in [0.5, 0.6) is 5.75 Å². The third-order valence-corrected chi connectivity index (χ3v) is 7.55. The van der Waals surface area contributed by atoms with Crippen LogP contribution < -0.4 is 4.74 Å². The van der Waals surface area contributed by atoms with Crippen LogP contribution in [0.2, 0.25) is 0 Å². The normalized spacial score (nSPS) is 12.2. The van der Waals surface area contributed by atoms with Gasteiger partial charge in [0, 0.05) is 24.7 Å². The lowest BCUT2D eigenvalue weighted by atomic mass is 10.1. The van der Waals surface area contributed by atoms with E-state index in [-0.39, 0.29) is 31.2 Å². The molecule has 0 saturated heterocycles. The monoisotopic (exact) mass is 514 g/mol. The number of rotatable bonds is 10. The minimum Gasteiger partial charge on any atom is -0.497 e. The Hall–Kier alpha value is -3.01. The van der Waals surface area contributed by atoms with E-state index in [0.717, 1.165) is 16.5 Å². The molecule has 0 bridgehead atoms. The zero-order chi connectivity index (χ0) is 26.5. The highest BCUT2D eigenvalue weighted by Gasteiger charge is 2.29. The number of aryl methyl sites for hydroxylation is 2. The van der Waals surface area contributed by atoms with Gasteiger partial charge in [0.05, 0.1) is 24.1 Å². The fourth-order valence-corrected chi connectivity index (χ4v) is 5.77. The molecule has 36 heavy (non-hydrogen) atoms. The van der Waals surface area contributed by atoms with Gasteiger partial charge in [-0.2, -0.15) is 4.31 Å². The number of sulfonamides is 1. The zero-order valence-corrected chi connectivity index (χ0v) is 22.5. The van der Waals surface area contributed by atoms with Gasteiger partial charge >= 0.3 is 5.97 Å². The third-order valence-electron chi connectivity index (χ3n) is 5.40. The van der Waals surface area contributed by atoms with Crippen LogP contribution in [0.3, 0.4) is 0 Å². The molecule has 1 heterocycles. The Balaban J connectivity index is 1.87. The maximum Gasteiger partial charge on any atom is 0.332 e. The van der Waals surface area contributed by atoms with Crippen LogP contribution in [-0.4, -0.2) is 56.1 Å². The average molecular weight is 515 g/mol. The van der Waals surface area contributed by atoms with Crippen molar-refractivity contribution in [2.75, 3.05) is 26.9 Å². The summed E-state index contributed by atoms with van der Waals surface area (Å²) in [4.78, 5) is 16.7. The van der Waals surface area contributed by atoms with Crippen molar-refractivity contribution >= 4 is 26.9 Å². The Bertz CT molecular complexity index is 1310. The SMILES string of the molecule is COc1cc(C)c(S(=O)(=O)N(CCOCC(=O)OC(C)(C)C)Cc2cnc3ccccc3c2)c(C)c1. The number of ether oxygens (including phenoxy) is 3. The number of benzene rings is 2. The zero-order valence-electron chi connectivity index (χ0n) is 21.7. The van der Waals surface area contributed by atoms with Crippen LogP contribution in [0.25, 0.3) is 10.9 Å². The second-order valence-electron chi connectivity index (χ2n) is 9.60. The molecule has 0 aliphatic carbocycles. The van der Waals surface area contributed by atoms with E-state index in [4.69, 9.17) is 14.2 Å². The van der Waals surface area contributed by atoms with E-state index in [1.807, 2.05) is 30.3 Å². The van der Waals surface area contributed by atoms with Crippen molar-refractivity contribution in [3.8, 4) is 5.75 Å². The molecule has 0 atom stereocenters. The predicted octanol–water partition coefficient (Wildman–Crippen LogP) is 4.41. The summed E-state index contributed by atoms with van der Waals surface area (Å²) in [6, 6.07) is 13.0. The number of esters is 1. The summed E-state index contributed by atoms with van der Waals surface area (Å²) in [5, 5.41) is 0.922.